The van der Waals surface area contributed by atoms with Crippen molar-refractivity contribution in [2.45, 2.75) is 31.8 Å². The lowest BCUT2D eigenvalue weighted by atomic mass is 9.82. The van der Waals surface area contributed by atoms with Crippen molar-refractivity contribution in [2.24, 2.45) is 5.73 Å². The van der Waals surface area contributed by atoms with Gasteiger partial charge in [-0.3, -0.25) is 14.6 Å². The fourth-order valence-electron chi connectivity index (χ4n) is 4.75. The molecule has 4 aromatic rings. The number of fused-ring (bicyclic) bond motifs is 2. The number of nitrogens with zero attached hydrogens (tertiary/aromatic N) is 2. The molecule has 0 fully saturated rings. The number of aryl methyl sites for hydroxylation is 1. The van der Waals surface area contributed by atoms with E-state index in [2.05, 4.69) is 15.3 Å². The molecule has 2 aromatic heterocycles. The lowest BCUT2D eigenvalue weighted by molar-refractivity contribution is -0.123. The molecule has 40 heavy (non-hydrogen) atoms. The van der Waals surface area contributed by atoms with Gasteiger partial charge in [-0.1, -0.05) is 0 Å². The molecule has 1 aliphatic heterocycles. The average Bonchev–Trinajstić information content (AvgIpc) is 3.29. The summed E-state index contributed by atoms with van der Waals surface area (Å²) in [6.45, 7) is 4.86. The Hall–Kier alpha value is -4.57. The molecule has 0 saturated heterocycles. The normalized spacial score (nSPS) is 17.6. The first kappa shape index (κ1) is 27.0. The molecule has 0 aliphatic carbocycles. The minimum atomic E-state index is -1.67. The average molecular weight is 545 g/mol. The first-order valence-electron chi connectivity index (χ1n) is 12.6. The van der Waals surface area contributed by atoms with Gasteiger partial charge in [-0.2, -0.15) is 0 Å². The van der Waals surface area contributed by atoms with E-state index in [0.717, 1.165) is 10.9 Å². The van der Waals surface area contributed by atoms with E-state index >= 15 is 0 Å². The number of hydrogen-bond acceptors (Lipinski definition) is 7. The summed E-state index contributed by atoms with van der Waals surface area (Å²) in [5.74, 6) is -0.673. The van der Waals surface area contributed by atoms with Crippen LogP contribution in [0, 0.1) is 12.7 Å². The number of nitrogens with two attached hydrogens (primary N) is 1. The van der Waals surface area contributed by atoms with Gasteiger partial charge in [-0.25, -0.2) is 9.37 Å². The van der Waals surface area contributed by atoms with Crippen molar-refractivity contribution < 1.29 is 28.6 Å². The van der Waals surface area contributed by atoms with Gasteiger partial charge < -0.3 is 25.6 Å². The van der Waals surface area contributed by atoms with Crippen LogP contribution in [0.4, 0.5) is 4.39 Å². The Balaban J connectivity index is 1.50. The summed E-state index contributed by atoms with van der Waals surface area (Å²) in [6, 6.07) is 12.4. The molecule has 9 nitrogen and oxygen atoms in total. The van der Waals surface area contributed by atoms with Crippen LogP contribution < -0.4 is 20.5 Å². The minimum Gasteiger partial charge on any atom is -0.494 e. The Bertz CT molecular complexity index is 1650. The number of pyridine rings is 2. The number of aromatic nitrogens is 2. The second-order valence-corrected chi connectivity index (χ2v) is 10.4. The van der Waals surface area contributed by atoms with E-state index in [4.69, 9.17) is 15.2 Å². The molecule has 0 saturated carbocycles. The number of halogens is 1. The number of methoxy groups -OCH3 is 1. The molecule has 5 rings (SSSR count). The number of primary amides is 1. The van der Waals surface area contributed by atoms with E-state index in [9.17, 15) is 19.1 Å². The van der Waals surface area contributed by atoms with Crippen molar-refractivity contribution in [1.82, 2.24) is 15.3 Å². The summed E-state index contributed by atoms with van der Waals surface area (Å²) in [6.07, 6.45) is 1.68. The van der Waals surface area contributed by atoms with Gasteiger partial charge in [0.15, 0.2) is 0 Å². The fraction of sp³-hybridized carbons (Fsp3) is 0.267. The first-order chi connectivity index (χ1) is 18.9. The Labute approximate surface area is 230 Å². The van der Waals surface area contributed by atoms with Gasteiger partial charge in [0, 0.05) is 28.3 Å². The molecular weight excluding hydrogens is 515 g/mol. The molecule has 2 amide bonds. The number of amides is 2. The summed E-state index contributed by atoms with van der Waals surface area (Å²) < 4.78 is 25.0. The molecule has 10 heteroatoms. The highest BCUT2D eigenvalue weighted by Crippen LogP contribution is 2.45. The van der Waals surface area contributed by atoms with Crippen LogP contribution in [0.15, 0.2) is 54.7 Å². The number of benzene rings is 2. The number of aliphatic hydroxyl groups is 1. The quantitative estimate of drug-likeness (QED) is 0.324. The van der Waals surface area contributed by atoms with Crippen molar-refractivity contribution in [3.05, 3.63) is 82.9 Å². The molecule has 1 aliphatic rings. The Morgan fingerprint density at radius 3 is 2.62 bits per heavy atom. The second-order valence-electron chi connectivity index (χ2n) is 10.4. The predicted octanol–water partition coefficient (Wildman–Crippen LogP) is 3.53. The minimum absolute atomic E-state index is 0.00601. The van der Waals surface area contributed by atoms with Gasteiger partial charge >= 0.3 is 0 Å². The first-order valence-corrected chi connectivity index (χ1v) is 12.6. The van der Waals surface area contributed by atoms with Crippen molar-refractivity contribution in [2.75, 3.05) is 20.3 Å². The largest absolute Gasteiger partial charge is 0.494 e. The van der Waals surface area contributed by atoms with Gasteiger partial charge in [-0.15, -0.1) is 0 Å². The van der Waals surface area contributed by atoms with E-state index in [0.29, 0.717) is 39.4 Å². The summed E-state index contributed by atoms with van der Waals surface area (Å²) in [4.78, 5) is 34.6. The zero-order valence-electron chi connectivity index (χ0n) is 22.5. The third kappa shape index (κ3) is 4.60. The predicted molar refractivity (Wildman–Crippen MR) is 147 cm³/mol. The Morgan fingerprint density at radius 1 is 1.23 bits per heavy atom. The Morgan fingerprint density at radius 2 is 1.95 bits per heavy atom. The molecule has 4 N–H and O–H groups in total. The summed E-state index contributed by atoms with van der Waals surface area (Å²) in [7, 11) is 1.51. The molecule has 0 unspecified atom stereocenters. The molecule has 2 atom stereocenters. The topological polar surface area (TPSA) is 137 Å². The maximum absolute atomic E-state index is 13.6. The highest BCUT2D eigenvalue weighted by atomic mass is 19.1. The molecule has 3 heterocycles. The molecule has 206 valence electrons. The van der Waals surface area contributed by atoms with E-state index in [-0.39, 0.29) is 18.8 Å². The number of rotatable bonds is 7. The highest BCUT2D eigenvalue weighted by molar-refractivity contribution is 6.00. The maximum Gasteiger partial charge on any atom is 0.251 e. The SMILES string of the molecule is COc1cc(C(=O)NC[C@](C)(O)c2cc3c(c(-c4ccc(F)cc4)n2)OC[C@]3(C)C(N)=O)cc2c(C)ccnc12. The van der Waals surface area contributed by atoms with Gasteiger partial charge in [0.25, 0.3) is 5.91 Å². The smallest absolute Gasteiger partial charge is 0.251 e. The van der Waals surface area contributed by atoms with Crippen LogP contribution in [-0.4, -0.2) is 47.2 Å². The lowest BCUT2D eigenvalue weighted by Gasteiger charge is -2.26. The standard InChI is InChI=1S/C30H29FN4O5/c1-16-9-10-33-25-20(16)11-18(12-22(25)39-4)27(36)34-14-30(3,38)23-13-21-26(40-15-29(21,2)28(32)37)24(35-23)17-5-7-19(31)8-6-17/h5-13,38H,14-15H2,1-4H3,(H2,32,37)(H,34,36)/t29-,30-/m0/s1. The molecule has 0 bridgehead atoms. The van der Waals surface area contributed by atoms with Crippen molar-refractivity contribution in [1.29, 1.82) is 0 Å². The zero-order valence-corrected chi connectivity index (χ0v) is 22.5. The third-order valence-corrected chi connectivity index (χ3v) is 7.39. The number of nitrogens with one attached hydrogen (secondary N) is 1. The van der Waals surface area contributed by atoms with Crippen LogP contribution >= 0.6 is 0 Å². The Kier molecular flexibility index (Phi) is 6.67. The van der Waals surface area contributed by atoms with Crippen molar-refractivity contribution in [3.8, 4) is 22.8 Å². The highest BCUT2D eigenvalue weighted by Gasteiger charge is 2.45. The van der Waals surface area contributed by atoms with Crippen LogP contribution in [-0.2, 0) is 15.8 Å². The zero-order chi connectivity index (χ0) is 28.8. The molecule has 0 radical (unpaired) electrons. The molecular formula is C30H29FN4O5. The van der Waals surface area contributed by atoms with Crippen molar-refractivity contribution >= 4 is 22.7 Å². The number of carbonyl (C=O) groups is 2. The van der Waals surface area contributed by atoms with Crippen molar-refractivity contribution in [3.63, 3.8) is 0 Å². The van der Waals surface area contributed by atoms with E-state index in [1.807, 2.05) is 13.0 Å². The molecule has 0 spiro atoms. The lowest BCUT2D eigenvalue weighted by Crippen LogP contribution is -2.41. The van der Waals surface area contributed by atoms with Crippen LogP contribution in [0.1, 0.15) is 41.0 Å². The van der Waals surface area contributed by atoms with Gasteiger partial charge in [0.05, 0.1) is 19.3 Å². The van der Waals surface area contributed by atoms with Gasteiger partial charge in [-0.05, 0) is 74.9 Å². The number of hydrogen-bond donors (Lipinski definition) is 3. The summed E-state index contributed by atoms with van der Waals surface area (Å²) >= 11 is 0. The maximum atomic E-state index is 13.6. The summed E-state index contributed by atoms with van der Waals surface area (Å²) in [5, 5.41) is 15.1. The number of ether oxygens (including phenoxy) is 2. The summed E-state index contributed by atoms with van der Waals surface area (Å²) in [5.41, 5.74) is 6.28. The van der Waals surface area contributed by atoms with E-state index in [1.54, 1.807) is 31.3 Å². The van der Waals surface area contributed by atoms with E-state index in [1.165, 1.54) is 38.3 Å². The van der Waals surface area contributed by atoms with Crippen LogP contribution in [0.5, 0.6) is 11.5 Å². The fourth-order valence-corrected chi connectivity index (χ4v) is 4.75. The third-order valence-electron chi connectivity index (χ3n) is 7.39. The van der Waals surface area contributed by atoms with Crippen LogP contribution in [0.3, 0.4) is 0 Å². The molecule has 2 aromatic carbocycles. The van der Waals surface area contributed by atoms with Crippen LogP contribution in [0.25, 0.3) is 22.2 Å². The van der Waals surface area contributed by atoms with Gasteiger partial charge in [0.1, 0.15) is 46.1 Å². The van der Waals surface area contributed by atoms with Crippen LogP contribution in [0.2, 0.25) is 0 Å². The second kappa shape index (κ2) is 9.87. The number of carbonyl (C=O) groups excluding carboxylic acids is 2. The van der Waals surface area contributed by atoms with Gasteiger partial charge in [0.2, 0.25) is 5.91 Å². The monoisotopic (exact) mass is 544 g/mol. The van der Waals surface area contributed by atoms with E-state index < -0.39 is 28.6 Å².